The van der Waals surface area contributed by atoms with Crippen LogP contribution in [0.5, 0.6) is 0 Å². The summed E-state index contributed by atoms with van der Waals surface area (Å²) in [6.45, 7) is 4.48. The molecule has 0 aromatic heterocycles. The van der Waals surface area contributed by atoms with Crippen LogP contribution < -0.4 is 5.32 Å². The average molecular weight is 422 g/mol. The Balaban J connectivity index is 1.46. The van der Waals surface area contributed by atoms with E-state index in [0.29, 0.717) is 24.7 Å². The normalized spacial score (nSPS) is 22.6. The molecule has 0 bridgehead atoms. The molecule has 2 aromatic rings. The smallest absolute Gasteiger partial charge is 0.408 e. The summed E-state index contributed by atoms with van der Waals surface area (Å²) < 4.78 is 5.62. The van der Waals surface area contributed by atoms with Gasteiger partial charge in [0.25, 0.3) is 0 Å². The highest BCUT2D eigenvalue weighted by molar-refractivity contribution is 5.84. The van der Waals surface area contributed by atoms with Crippen molar-refractivity contribution in [2.45, 2.75) is 57.4 Å². The van der Waals surface area contributed by atoms with Gasteiger partial charge in [-0.2, -0.15) is 0 Å². The minimum Gasteiger partial charge on any atom is -0.480 e. The molecule has 2 aromatic carbocycles. The molecular formula is C26H31NO4. The largest absolute Gasteiger partial charge is 0.480 e. The zero-order chi connectivity index (χ0) is 22.0. The molecule has 2 N–H and O–H groups in total. The molecule has 2 aliphatic rings. The molecule has 0 aliphatic heterocycles. The summed E-state index contributed by atoms with van der Waals surface area (Å²) >= 11 is 0. The first kappa shape index (κ1) is 21.4. The number of nitrogens with one attached hydrogen (secondary N) is 1. The Kier molecular flexibility index (Phi) is 6.03. The first-order chi connectivity index (χ1) is 14.9. The first-order valence-electron chi connectivity index (χ1n) is 11.3. The number of hydrogen-bond acceptors (Lipinski definition) is 3. The van der Waals surface area contributed by atoms with E-state index < -0.39 is 17.6 Å². The predicted molar refractivity (Wildman–Crippen MR) is 120 cm³/mol. The van der Waals surface area contributed by atoms with Gasteiger partial charge < -0.3 is 15.2 Å². The summed E-state index contributed by atoms with van der Waals surface area (Å²) in [6, 6.07) is 16.3. The molecule has 0 radical (unpaired) electrons. The van der Waals surface area contributed by atoms with E-state index in [1.54, 1.807) is 0 Å². The van der Waals surface area contributed by atoms with Crippen molar-refractivity contribution in [1.29, 1.82) is 0 Å². The number of carbonyl (C=O) groups is 2. The molecule has 2 aliphatic carbocycles. The van der Waals surface area contributed by atoms with Crippen LogP contribution in [-0.4, -0.2) is 29.3 Å². The molecule has 1 fully saturated rings. The lowest BCUT2D eigenvalue weighted by Crippen LogP contribution is -2.57. The van der Waals surface area contributed by atoms with Crippen LogP contribution >= 0.6 is 0 Å². The van der Waals surface area contributed by atoms with Crippen molar-refractivity contribution in [2.24, 2.45) is 11.8 Å². The van der Waals surface area contributed by atoms with Crippen molar-refractivity contribution in [1.82, 2.24) is 5.32 Å². The van der Waals surface area contributed by atoms with Gasteiger partial charge >= 0.3 is 12.1 Å². The molecule has 1 saturated carbocycles. The Hall–Kier alpha value is -2.82. The molecule has 0 heterocycles. The van der Waals surface area contributed by atoms with E-state index in [2.05, 4.69) is 43.4 Å². The van der Waals surface area contributed by atoms with Crippen LogP contribution in [0.4, 0.5) is 4.79 Å². The maximum atomic E-state index is 12.7. The Morgan fingerprint density at radius 1 is 1.10 bits per heavy atom. The van der Waals surface area contributed by atoms with Crippen molar-refractivity contribution in [3.8, 4) is 11.1 Å². The third kappa shape index (κ3) is 4.32. The Labute approximate surface area is 183 Å². The second-order valence-electron chi connectivity index (χ2n) is 9.43. The van der Waals surface area contributed by atoms with Gasteiger partial charge in [-0.25, -0.2) is 9.59 Å². The van der Waals surface area contributed by atoms with Gasteiger partial charge in [0, 0.05) is 5.92 Å². The molecule has 2 atom stereocenters. The zero-order valence-corrected chi connectivity index (χ0v) is 18.3. The molecule has 0 saturated heterocycles. The van der Waals surface area contributed by atoms with Crippen LogP contribution in [0.25, 0.3) is 11.1 Å². The monoisotopic (exact) mass is 421 g/mol. The number of hydrogen-bond donors (Lipinski definition) is 2. The van der Waals surface area contributed by atoms with Gasteiger partial charge in [0.15, 0.2) is 0 Å². The summed E-state index contributed by atoms with van der Waals surface area (Å²) in [5.74, 6) is -0.198. The third-order valence-electron chi connectivity index (χ3n) is 6.75. The van der Waals surface area contributed by atoms with Crippen LogP contribution in [0.3, 0.4) is 0 Å². The number of carboxylic acids is 1. The number of aliphatic carboxylic acids is 1. The van der Waals surface area contributed by atoms with Crippen LogP contribution in [0.1, 0.15) is 63.0 Å². The summed E-state index contributed by atoms with van der Waals surface area (Å²) in [5, 5.41) is 12.7. The molecule has 31 heavy (non-hydrogen) atoms. The molecule has 5 heteroatoms. The van der Waals surface area contributed by atoms with Crippen molar-refractivity contribution < 1.29 is 19.4 Å². The van der Waals surface area contributed by atoms with Crippen LogP contribution in [0, 0.1) is 11.8 Å². The second kappa shape index (κ2) is 8.74. The van der Waals surface area contributed by atoms with Crippen molar-refractivity contribution in [2.75, 3.05) is 6.61 Å². The summed E-state index contributed by atoms with van der Waals surface area (Å²) in [7, 11) is 0. The fourth-order valence-corrected chi connectivity index (χ4v) is 5.45. The lowest BCUT2D eigenvalue weighted by molar-refractivity contribution is -0.147. The molecule has 4 rings (SSSR count). The number of rotatable bonds is 6. The number of carboxylic acid groups (broad SMARTS) is 1. The van der Waals surface area contributed by atoms with E-state index in [0.717, 1.165) is 41.5 Å². The first-order valence-corrected chi connectivity index (χ1v) is 11.3. The summed E-state index contributed by atoms with van der Waals surface area (Å²) in [5.41, 5.74) is 3.37. The molecular weight excluding hydrogens is 390 g/mol. The summed E-state index contributed by atoms with van der Waals surface area (Å²) in [6.07, 6.45) is 3.05. The van der Waals surface area contributed by atoms with Crippen molar-refractivity contribution in [3.63, 3.8) is 0 Å². The number of carbonyl (C=O) groups excluding carboxylic acids is 1. The van der Waals surface area contributed by atoms with E-state index >= 15 is 0 Å². The van der Waals surface area contributed by atoms with Gasteiger partial charge in [0.05, 0.1) is 0 Å². The Morgan fingerprint density at radius 2 is 1.71 bits per heavy atom. The summed E-state index contributed by atoms with van der Waals surface area (Å²) in [4.78, 5) is 24.9. The Morgan fingerprint density at radius 3 is 2.29 bits per heavy atom. The predicted octanol–water partition coefficient (Wildman–Crippen LogP) is 5.58. The van der Waals surface area contributed by atoms with Crippen molar-refractivity contribution >= 4 is 12.1 Å². The van der Waals surface area contributed by atoms with Crippen LogP contribution in [0.15, 0.2) is 48.5 Å². The van der Waals surface area contributed by atoms with Gasteiger partial charge in [0.1, 0.15) is 12.1 Å². The highest BCUT2D eigenvalue weighted by atomic mass is 16.5. The van der Waals surface area contributed by atoms with Gasteiger partial charge in [0.2, 0.25) is 0 Å². The number of alkyl carbamates (subject to hydrolysis) is 1. The fourth-order valence-electron chi connectivity index (χ4n) is 5.45. The van der Waals surface area contributed by atoms with E-state index in [4.69, 9.17) is 4.74 Å². The van der Waals surface area contributed by atoms with E-state index in [-0.39, 0.29) is 12.5 Å². The minimum absolute atomic E-state index is 0.0426. The lowest BCUT2D eigenvalue weighted by Gasteiger charge is -2.38. The fraction of sp³-hybridized carbons (Fsp3) is 0.462. The molecule has 0 spiro atoms. The molecule has 5 nitrogen and oxygen atoms in total. The van der Waals surface area contributed by atoms with Crippen LogP contribution in [0.2, 0.25) is 0 Å². The third-order valence-corrected chi connectivity index (χ3v) is 6.75. The van der Waals surface area contributed by atoms with Gasteiger partial charge in [-0.05, 0) is 53.4 Å². The maximum absolute atomic E-state index is 12.7. The highest BCUT2D eigenvalue weighted by Gasteiger charge is 2.45. The maximum Gasteiger partial charge on any atom is 0.408 e. The standard InChI is InChI=1S/C26H31NO4/c1-17(2)14-18-8-7-13-26(15-18,24(28)29)27-25(30)31-16-23-21-11-5-3-9-19(21)20-10-4-6-12-22(20)23/h3-6,9-12,17-18,23H,7-8,13-16H2,1-2H3,(H,27,30)(H,28,29). The SMILES string of the molecule is CC(C)CC1CCCC(NC(=O)OCC2c3ccccc3-c3ccccc32)(C(=O)O)C1. The molecule has 2 unspecified atom stereocenters. The van der Waals surface area contributed by atoms with Gasteiger partial charge in [-0.1, -0.05) is 75.2 Å². The average Bonchev–Trinajstić information content (AvgIpc) is 3.06. The van der Waals surface area contributed by atoms with E-state index in [9.17, 15) is 14.7 Å². The number of ether oxygens (including phenoxy) is 1. The van der Waals surface area contributed by atoms with Gasteiger partial charge in [-0.3, -0.25) is 0 Å². The number of fused-ring (bicyclic) bond motifs is 3. The number of benzene rings is 2. The van der Waals surface area contributed by atoms with Gasteiger partial charge in [-0.15, -0.1) is 0 Å². The minimum atomic E-state index is -1.24. The van der Waals surface area contributed by atoms with E-state index in [1.807, 2.05) is 24.3 Å². The second-order valence-corrected chi connectivity index (χ2v) is 9.43. The lowest BCUT2D eigenvalue weighted by atomic mass is 9.73. The highest BCUT2D eigenvalue weighted by Crippen LogP contribution is 2.44. The zero-order valence-electron chi connectivity index (χ0n) is 18.3. The quantitative estimate of drug-likeness (QED) is 0.638. The molecule has 1 amide bonds. The van der Waals surface area contributed by atoms with Crippen molar-refractivity contribution in [3.05, 3.63) is 59.7 Å². The number of amides is 1. The van der Waals surface area contributed by atoms with E-state index in [1.165, 1.54) is 0 Å². The Bertz CT molecular complexity index is 924. The topological polar surface area (TPSA) is 75.6 Å². The molecule has 164 valence electrons. The van der Waals surface area contributed by atoms with Crippen LogP contribution in [-0.2, 0) is 9.53 Å².